The Morgan fingerprint density at radius 1 is 1.62 bits per heavy atom. The summed E-state index contributed by atoms with van der Waals surface area (Å²) in [5, 5.41) is 19.8. The van der Waals surface area contributed by atoms with Crippen LogP contribution in [0.5, 0.6) is 0 Å². The Balaban J connectivity index is 2.27. The molecular formula is C12H13BrN2O6. The zero-order valence-corrected chi connectivity index (χ0v) is 12.7. The molecule has 1 saturated heterocycles. The van der Waals surface area contributed by atoms with Crippen LogP contribution in [0.1, 0.15) is 18.4 Å². The highest BCUT2D eigenvalue weighted by molar-refractivity contribution is 9.10. The second-order valence-electron chi connectivity index (χ2n) is 4.83. The van der Waals surface area contributed by atoms with Gasteiger partial charge in [0.15, 0.2) is 6.10 Å². The lowest BCUT2D eigenvalue weighted by atomic mass is 10.2. The molecule has 0 amide bonds. The molecule has 1 aliphatic rings. The Morgan fingerprint density at radius 2 is 2.29 bits per heavy atom. The molecular weight excluding hydrogens is 348 g/mol. The van der Waals surface area contributed by atoms with Gasteiger partial charge in [0, 0.05) is 5.56 Å². The quantitative estimate of drug-likeness (QED) is 0.642. The number of carbonyl (C=O) groups is 1. The molecule has 0 spiro atoms. The monoisotopic (exact) mass is 360 g/mol. The van der Waals surface area contributed by atoms with Crippen molar-refractivity contribution in [3.63, 3.8) is 0 Å². The predicted octanol–water partition coefficient (Wildman–Crippen LogP) is 1.46. The summed E-state index contributed by atoms with van der Waals surface area (Å²) in [5.74, 6) is -1.04. The first-order chi connectivity index (χ1) is 9.81. The fraction of sp³-hybridized carbons (Fsp3) is 0.500. The number of nitrogens with zero attached hydrogens (tertiary/aromatic N) is 2. The van der Waals surface area contributed by atoms with Crippen LogP contribution in [0.25, 0.3) is 0 Å². The van der Waals surface area contributed by atoms with Crippen LogP contribution < -0.4 is 5.56 Å². The molecule has 1 N–H and O–H groups in total. The number of carboxylic acid groups (broad SMARTS) is 1. The van der Waals surface area contributed by atoms with Crippen LogP contribution in [0.3, 0.4) is 0 Å². The number of nitro groups is 1. The van der Waals surface area contributed by atoms with Crippen LogP contribution in [-0.2, 0) is 16.1 Å². The molecule has 0 bridgehead atoms. The Labute approximate surface area is 127 Å². The number of halogens is 1. The number of ether oxygens (including phenoxy) is 1. The van der Waals surface area contributed by atoms with Crippen molar-refractivity contribution < 1.29 is 19.6 Å². The summed E-state index contributed by atoms with van der Waals surface area (Å²) in [6.45, 7) is 1.57. The van der Waals surface area contributed by atoms with Crippen molar-refractivity contribution in [2.45, 2.75) is 38.5 Å². The molecule has 2 unspecified atom stereocenters. The lowest BCUT2D eigenvalue weighted by Crippen LogP contribution is -2.29. The molecule has 2 heterocycles. The van der Waals surface area contributed by atoms with Gasteiger partial charge < -0.3 is 14.4 Å². The van der Waals surface area contributed by atoms with Crippen molar-refractivity contribution in [1.29, 1.82) is 0 Å². The number of hydrogen-bond acceptors (Lipinski definition) is 5. The van der Waals surface area contributed by atoms with E-state index >= 15 is 0 Å². The fourth-order valence-corrected chi connectivity index (χ4v) is 2.69. The third kappa shape index (κ3) is 3.13. The average Bonchev–Trinajstić information content (AvgIpc) is 2.88. The number of hydrogen-bond donors (Lipinski definition) is 1. The van der Waals surface area contributed by atoms with E-state index in [2.05, 4.69) is 15.9 Å². The summed E-state index contributed by atoms with van der Waals surface area (Å²) in [4.78, 5) is 33.3. The highest BCUT2D eigenvalue weighted by Gasteiger charge is 2.31. The molecule has 0 aromatic carbocycles. The van der Waals surface area contributed by atoms with Crippen molar-refractivity contribution in [3.8, 4) is 0 Å². The van der Waals surface area contributed by atoms with Crippen LogP contribution in [0.4, 0.5) is 5.69 Å². The largest absolute Gasteiger partial charge is 0.479 e. The van der Waals surface area contributed by atoms with Crippen molar-refractivity contribution >= 4 is 27.6 Å². The normalized spacial score (nSPS) is 21.4. The van der Waals surface area contributed by atoms with Gasteiger partial charge in [0.25, 0.3) is 11.2 Å². The zero-order valence-electron chi connectivity index (χ0n) is 11.1. The van der Waals surface area contributed by atoms with E-state index in [1.807, 2.05) is 0 Å². The van der Waals surface area contributed by atoms with E-state index in [-0.39, 0.29) is 22.3 Å². The van der Waals surface area contributed by atoms with Crippen LogP contribution in [0.2, 0.25) is 0 Å². The summed E-state index contributed by atoms with van der Waals surface area (Å²) < 4.78 is 6.62. The summed E-state index contributed by atoms with van der Waals surface area (Å²) in [6, 6.07) is 0. The van der Waals surface area contributed by atoms with Gasteiger partial charge in [0.1, 0.15) is 0 Å². The topological polar surface area (TPSA) is 112 Å². The fourth-order valence-electron chi connectivity index (χ4n) is 2.26. The minimum atomic E-state index is -1.04. The number of carboxylic acids is 1. The molecule has 1 fully saturated rings. The van der Waals surface area contributed by atoms with Gasteiger partial charge in [-0.3, -0.25) is 14.9 Å². The molecule has 1 aliphatic heterocycles. The number of aromatic nitrogens is 1. The van der Waals surface area contributed by atoms with Gasteiger partial charge in [-0.25, -0.2) is 4.79 Å². The second-order valence-corrected chi connectivity index (χ2v) is 5.62. The van der Waals surface area contributed by atoms with Crippen LogP contribution in [-0.4, -0.2) is 32.8 Å². The van der Waals surface area contributed by atoms with Gasteiger partial charge in [0.05, 0.1) is 28.2 Å². The summed E-state index contributed by atoms with van der Waals surface area (Å²) in [5.41, 5.74) is -0.313. The number of aliphatic carboxylic acids is 1. The van der Waals surface area contributed by atoms with E-state index < -0.39 is 28.7 Å². The third-order valence-electron chi connectivity index (χ3n) is 3.42. The maximum atomic E-state index is 12.1. The standard InChI is InChI=1S/C12H13BrN2O6/c1-6-8(15(19)20)5-14(11(16)10(6)13)4-7-2-3-9(21-7)12(17)18/h5,7,9H,2-4H2,1H3,(H,17,18). The van der Waals surface area contributed by atoms with E-state index in [1.54, 1.807) is 0 Å². The van der Waals surface area contributed by atoms with E-state index in [4.69, 9.17) is 9.84 Å². The minimum Gasteiger partial charge on any atom is -0.479 e. The lowest BCUT2D eigenvalue weighted by Gasteiger charge is -2.14. The Morgan fingerprint density at radius 3 is 2.81 bits per heavy atom. The SMILES string of the molecule is Cc1c([N+](=O)[O-])cn(CC2CCC(C(=O)O)O2)c(=O)c1Br. The molecule has 0 saturated carbocycles. The molecule has 0 radical (unpaired) electrons. The van der Waals surface area contributed by atoms with E-state index in [1.165, 1.54) is 17.7 Å². The zero-order chi connectivity index (χ0) is 15.7. The molecule has 9 heteroatoms. The highest BCUT2D eigenvalue weighted by atomic mass is 79.9. The third-order valence-corrected chi connectivity index (χ3v) is 4.35. The van der Waals surface area contributed by atoms with Crippen molar-refractivity contribution in [2.24, 2.45) is 0 Å². The highest BCUT2D eigenvalue weighted by Crippen LogP contribution is 2.24. The smallest absolute Gasteiger partial charge is 0.332 e. The first-order valence-corrected chi connectivity index (χ1v) is 7.02. The van der Waals surface area contributed by atoms with Gasteiger partial charge in [0.2, 0.25) is 0 Å². The van der Waals surface area contributed by atoms with E-state index in [0.717, 1.165) is 0 Å². The first kappa shape index (κ1) is 15.6. The first-order valence-electron chi connectivity index (χ1n) is 6.23. The summed E-state index contributed by atoms with van der Waals surface area (Å²) in [6.07, 6.45) is 0.694. The maximum absolute atomic E-state index is 12.1. The Hall–Kier alpha value is -1.74. The molecule has 1 aromatic rings. The van der Waals surface area contributed by atoms with E-state index in [0.29, 0.717) is 12.8 Å². The van der Waals surface area contributed by atoms with Gasteiger partial charge in [-0.2, -0.15) is 0 Å². The molecule has 2 atom stereocenters. The van der Waals surface area contributed by atoms with Crippen LogP contribution in [0.15, 0.2) is 15.5 Å². The Bertz CT molecular complexity index is 656. The van der Waals surface area contributed by atoms with Gasteiger partial charge >= 0.3 is 5.97 Å². The molecule has 114 valence electrons. The molecule has 0 aliphatic carbocycles. The van der Waals surface area contributed by atoms with Crippen molar-refractivity contribution in [3.05, 3.63) is 36.7 Å². The molecule has 2 rings (SSSR count). The maximum Gasteiger partial charge on any atom is 0.332 e. The average molecular weight is 361 g/mol. The minimum absolute atomic E-state index is 0.0856. The van der Waals surface area contributed by atoms with Gasteiger partial charge in [-0.1, -0.05) is 0 Å². The van der Waals surface area contributed by atoms with E-state index in [9.17, 15) is 19.7 Å². The molecule has 8 nitrogen and oxygen atoms in total. The molecule has 1 aromatic heterocycles. The van der Waals surface area contributed by atoms with Crippen LogP contribution in [0, 0.1) is 17.0 Å². The molecule has 21 heavy (non-hydrogen) atoms. The van der Waals surface area contributed by atoms with Gasteiger partial charge in [-0.05, 0) is 35.7 Å². The number of rotatable bonds is 4. The van der Waals surface area contributed by atoms with Crippen molar-refractivity contribution in [2.75, 3.05) is 0 Å². The van der Waals surface area contributed by atoms with Crippen LogP contribution >= 0.6 is 15.9 Å². The van der Waals surface area contributed by atoms with Gasteiger partial charge in [-0.15, -0.1) is 0 Å². The predicted molar refractivity (Wildman–Crippen MR) is 75.3 cm³/mol. The second kappa shape index (κ2) is 5.94. The summed E-state index contributed by atoms with van der Waals surface area (Å²) in [7, 11) is 0. The lowest BCUT2D eigenvalue weighted by molar-refractivity contribution is -0.386. The summed E-state index contributed by atoms with van der Waals surface area (Å²) >= 11 is 3.06. The Kier molecular flexibility index (Phi) is 4.43. The number of pyridine rings is 1. The van der Waals surface area contributed by atoms with Crippen molar-refractivity contribution in [1.82, 2.24) is 4.57 Å².